The first-order valence-electron chi connectivity index (χ1n) is 11.5. The molecule has 186 valence electrons. The van der Waals surface area contributed by atoms with Crippen molar-refractivity contribution < 1.29 is 14.3 Å². The zero-order valence-electron chi connectivity index (χ0n) is 20.0. The van der Waals surface area contributed by atoms with E-state index < -0.39 is 0 Å². The van der Waals surface area contributed by atoms with Crippen molar-refractivity contribution in [3.05, 3.63) is 65.1 Å². The number of H-pyrrole nitrogens is 1. The average Bonchev–Trinajstić information content (AvgIpc) is 3.41. The Morgan fingerprint density at radius 2 is 1.78 bits per heavy atom. The van der Waals surface area contributed by atoms with Crippen LogP contribution in [0, 0.1) is 0 Å². The Bertz CT molecular complexity index is 1430. The molecule has 36 heavy (non-hydrogen) atoms. The summed E-state index contributed by atoms with van der Waals surface area (Å²) < 4.78 is 12.2. The number of anilines is 1. The largest absolute Gasteiger partial charge is 0.497 e. The van der Waals surface area contributed by atoms with E-state index in [1.165, 1.54) is 22.5 Å². The molecule has 5 rings (SSSR count). The molecule has 2 aromatic heterocycles. The van der Waals surface area contributed by atoms with Crippen molar-refractivity contribution in [3.63, 3.8) is 0 Å². The molecule has 0 bridgehead atoms. The molecule has 2 aromatic carbocycles. The molecule has 1 fully saturated rings. The number of rotatable bonds is 7. The second kappa shape index (κ2) is 10.3. The van der Waals surface area contributed by atoms with Gasteiger partial charge in [-0.05, 0) is 36.4 Å². The number of carbonyl (C=O) groups is 1. The summed E-state index contributed by atoms with van der Waals surface area (Å²) in [6.45, 7) is 2.73. The average molecular weight is 507 g/mol. The lowest BCUT2D eigenvalue weighted by Crippen LogP contribution is -2.49. The van der Waals surface area contributed by atoms with Gasteiger partial charge in [0.25, 0.3) is 5.56 Å². The van der Waals surface area contributed by atoms with Crippen molar-refractivity contribution in [2.45, 2.75) is 5.16 Å². The maximum Gasteiger partial charge on any atom is 0.270 e. The summed E-state index contributed by atoms with van der Waals surface area (Å²) in [6.07, 6.45) is 1.46. The van der Waals surface area contributed by atoms with Crippen molar-refractivity contribution in [1.29, 1.82) is 0 Å². The highest BCUT2D eigenvalue weighted by atomic mass is 32.2. The van der Waals surface area contributed by atoms with Gasteiger partial charge in [0.15, 0.2) is 10.8 Å². The summed E-state index contributed by atoms with van der Waals surface area (Å²) >= 11 is 1.23. The summed E-state index contributed by atoms with van der Waals surface area (Å²) in [7, 11) is 3.20. The number of carbonyl (C=O) groups excluding carboxylic acids is 1. The highest BCUT2D eigenvalue weighted by molar-refractivity contribution is 7.99. The Morgan fingerprint density at radius 1 is 1.03 bits per heavy atom. The fourth-order valence-electron chi connectivity index (χ4n) is 4.22. The summed E-state index contributed by atoms with van der Waals surface area (Å²) in [5.74, 6) is 1.51. The van der Waals surface area contributed by atoms with Gasteiger partial charge in [-0.1, -0.05) is 23.9 Å². The highest BCUT2D eigenvalue weighted by Gasteiger charge is 2.23. The van der Waals surface area contributed by atoms with Gasteiger partial charge in [0.2, 0.25) is 5.91 Å². The number of amides is 1. The van der Waals surface area contributed by atoms with E-state index in [0.717, 1.165) is 24.5 Å². The standard InChI is InChI=1S/C25H26N6O4S/c1-34-18-9-7-17(8-10-18)29-11-13-30(14-12-29)22(32)16-36-25-27-23-19(15-26-28-23)24(33)31(25)20-5-3-4-6-21(20)35-2/h3-10,15H,11-14,16H2,1-2H3,(H,26,28). The number of benzene rings is 2. The van der Waals surface area contributed by atoms with Gasteiger partial charge in [0.05, 0.1) is 31.9 Å². The summed E-state index contributed by atoms with van der Waals surface area (Å²) in [6, 6.07) is 15.2. The van der Waals surface area contributed by atoms with Crippen molar-refractivity contribution in [2.24, 2.45) is 0 Å². The molecule has 1 N–H and O–H groups in total. The van der Waals surface area contributed by atoms with Crippen LogP contribution in [-0.4, -0.2) is 76.7 Å². The lowest BCUT2D eigenvalue weighted by Gasteiger charge is -2.36. The summed E-state index contributed by atoms with van der Waals surface area (Å²) in [4.78, 5) is 35.1. The van der Waals surface area contributed by atoms with Crippen LogP contribution >= 0.6 is 11.8 Å². The molecule has 1 aliphatic rings. The van der Waals surface area contributed by atoms with Gasteiger partial charge < -0.3 is 19.3 Å². The Morgan fingerprint density at radius 3 is 2.50 bits per heavy atom. The van der Waals surface area contributed by atoms with E-state index in [1.807, 2.05) is 41.3 Å². The fraction of sp³-hybridized carbons (Fsp3) is 0.280. The SMILES string of the molecule is COc1ccc(N2CCN(C(=O)CSc3nc4[nH]ncc4c(=O)n3-c3ccccc3OC)CC2)cc1. The molecule has 4 aromatic rings. The fourth-order valence-corrected chi connectivity index (χ4v) is 5.12. The lowest BCUT2D eigenvalue weighted by molar-refractivity contribution is -0.128. The third kappa shape index (κ3) is 4.61. The van der Waals surface area contributed by atoms with Crippen LogP contribution in [0.25, 0.3) is 16.7 Å². The molecule has 0 unspecified atom stereocenters. The molecular formula is C25H26N6O4S. The van der Waals surface area contributed by atoms with Gasteiger partial charge in [-0.25, -0.2) is 4.98 Å². The van der Waals surface area contributed by atoms with E-state index >= 15 is 0 Å². The van der Waals surface area contributed by atoms with Gasteiger partial charge in [-0.15, -0.1) is 0 Å². The van der Waals surface area contributed by atoms with Crippen LogP contribution in [0.4, 0.5) is 5.69 Å². The lowest BCUT2D eigenvalue weighted by atomic mass is 10.2. The maximum absolute atomic E-state index is 13.3. The Hall–Kier alpha value is -3.99. The van der Waals surface area contributed by atoms with Gasteiger partial charge in [0, 0.05) is 31.9 Å². The monoisotopic (exact) mass is 506 g/mol. The molecule has 11 heteroatoms. The zero-order valence-corrected chi connectivity index (χ0v) is 20.8. The van der Waals surface area contributed by atoms with E-state index in [-0.39, 0.29) is 17.2 Å². The second-order valence-electron chi connectivity index (χ2n) is 8.19. The number of ether oxygens (including phenoxy) is 2. The molecule has 1 amide bonds. The quantitative estimate of drug-likeness (QED) is 0.301. The number of thioether (sulfide) groups is 1. The van der Waals surface area contributed by atoms with Gasteiger partial charge >= 0.3 is 0 Å². The first-order valence-corrected chi connectivity index (χ1v) is 12.5. The molecule has 0 spiro atoms. The third-order valence-corrected chi connectivity index (χ3v) is 7.10. The number of nitrogens with one attached hydrogen (secondary N) is 1. The number of piperazine rings is 1. The summed E-state index contributed by atoms with van der Waals surface area (Å²) in [5, 5.41) is 7.48. The number of aromatic nitrogens is 4. The molecule has 0 saturated carbocycles. The van der Waals surface area contributed by atoms with E-state index in [0.29, 0.717) is 40.7 Å². The van der Waals surface area contributed by atoms with Crippen LogP contribution in [0.5, 0.6) is 11.5 Å². The molecule has 10 nitrogen and oxygen atoms in total. The van der Waals surface area contributed by atoms with Crippen LogP contribution in [0.1, 0.15) is 0 Å². The van der Waals surface area contributed by atoms with E-state index in [2.05, 4.69) is 20.1 Å². The van der Waals surface area contributed by atoms with Crippen molar-refractivity contribution in [2.75, 3.05) is 51.1 Å². The van der Waals surface area contributed by atoms with Crippen LogP contribution in [0.15, 0.2) is 64.7 Å². The zero-order chi connectivity index (χ0) is 25.1. The van der Waals surface area contributed by atoms with Gasteiger partial charge in [-0.3, -0.25) is 19.3 Å². The first-order chi connectivity index (χ1) is 17.6. The molecule has 0 aliphatic carbocycles. The second-order valence-corrected chi connectivity index (χ2v) is 9.14. The molecule has 0 radical (unpaired) electrons. The number of methoxy groups -OCH3 is 2. The predicted molar refractivity (Wildman–Crippen MR) is 139 cm³/mol. The smallest absolute Gasteiger partial charge is 0.270 e. The third-order valence-electron chi connectivity index (χ3n) is 6.17. The van der Waals surface area contributed by atoms with Gasteiger partial charge in [0.1, 0.15) is 16.9 Å². The van der Waals surface area contributed by atoms with Crippen molar-refractivity contribution in [3.8, 4) is 17.2 Å². The van der Waals surface area contributed by atoms with Crippen LogP contribution < -0.4 is 19.9 Å². The van der Waals surface area contributed by atoms with Crippen molar-refractivity contribution >= 4 is 34.4 Å². The van der Waals surface area contributed by atoms with Gasteiger partial charge in [-0.2, -0.15) is 5.10 Å². The first kappa shape index (κ1) is 23.7. The Kier molecular flexibility index (Phi) is 6.81. The van der Waals surface area contributed by atoms with E-state index in [4.69, 9.17) is 9.47 Å². The highest BCUT2D eigenvalue weighted by Crippen LogP contribution is 2.27. The van der Waals surface area contributed by atoms with E-state index in [9.17, 15) is 9.59 Å². The topological polar surface area (TPSA) is 106 Å². The minimum atomic E-state index is -0.277. The number of nitrogens with zero attached hydrogens (tertiary/aromatic N) is 5. The number of fused-ring (bicyclic) bond motifs is 1. The number of aromatic amines is 1. The summed E-state index contributed by atoms with van der Waals surface area (Å²) in [5.41, 5.74) is 1.77. The molecular weight excluding hydrogens is 480 g/mol. The Balaban J connectivity index is 1.31. The number of hydrogen-bond acceptors (Lipinski definition) is 8. The maximum atomic E-state index is 13.3. The molecule has 1 aliphatic heterocycles. The normalized spacial score (nSPS) is 13.7. The van der Waals surface area contributed by atoms with Crippen LogP contribution in [-0.2, 0) is 4.79 Å². The Labute approximate surface area is 211 Å². The van der Waals surface area contributed by atoms with Crippen molar-refractivity contribution in [1.82, 2.24) is 24.6 Å². The number of para-hydroxylation sites is 2. The van der Waals surface area contributed by atoms with Crippen LogP contribution in [0.3, 0.4) is 0 Å². The molecule has 3 heterocycles. The molecule has 1 saturated heterocycles. The minimum absolute atomic E-state index is 0.0000794. The van der Waals surface area contributed by atoms with Crippen LogP contribution in [0.2, 0.25) is 0 Å². The minimum Gasteiger partial charge on any atom is -0.497 e. The number of hydrogen-bond donors (Lipinski definition) is 1. The molecule has 0 atom stereocenters. The predicted octanol–water partition coefficient (Wildman–Crippen LogP) is 2.57. The van der Waals surface area contributed by atoms with E-state index in [1.54, 1.807) is 26.4 Å².